The van der Waals surface area contributed by atoms with Crippen LogP contribution in [-0.2, 0) is 0 Å². The highest BCUT2D eigenvalue weighted by molar-refractivity contribution is 7.27. The van der Waals surface area contributed by atoms with Crippen LogP contribution in [-0.4, -0.2) is 9.13 Å². The molecule has 15 aromatic rings. The van der Waals surface area contributed by atoms with Crippen molar-refractivity contribution in [3.05, 3.63) is 247 Å². The van der Waals surface area contributed by atoms with Gasteiger partial charge in [0.15, 0.2) is 0 Å². The second-order valence-electron chi connectivity index (χ2n) is 18.5. The summed E-state index contributed by atoms with van der Waals surface area (Å²) in [7, 11) is 0. The van der Waals surface area contributed by atoms with Gasteiger partial charge in [0.05, 0.1) is 61.8 Å². The number of hydrogen-bond donors (Lipinski definition) is 0. The Balaban J connectivity index is 1.21. The van der Waals surface area contributed by atoms with Crippen molar-refractivity contribution in [2.45, 2.75) is 0 Å². The lowest BCUT2D eigenvalue weighted by Gasteiger charge is -2.26. The van der Waals surface area contributed by atoms with E-state index in [1.165, 1.54) is 0 Å². The van der Waals surface area contributed by atoms with Gasteiger partial charge in [0.2, 0.25) is 5.69 Å². The molecule has 0 spiro atoms. The Bertz CT molecular complexity index is 5190. The zero-order chi connectivity index (χ0) is 53.4. The van der Waals surface area contributed by atoms with Crippen LogP contribution in [0.15, 0.2) is 230 Å². The minimum absolute atomic E-state index is 0.135. The molecular formula is C68H38N4S2. The van der Waals surface area contributed by atoms with Crippen molar-refractivity contribution in [2.24, 2.45) is 0 Å². The van der Waals surface area contributed by atoms with Crippen LogP contribution in [0.5, 0.6) is 0 Å². The van der Waals surface area contributed by atoms with Gasteiger partial charge in [0, 0.05) is 63.6 Å². The first-order valence-corrected chi connectivity index (χ1v) is 25.9. The minimum atomic E-state index is -0.446. The standard InChI is InChI=1S/C68H38N4S2/c1-70-62-59(43-23-10-4-11-24-43)54(40-69)63(60(44-25-12-5-13-26-44)66(62)71-55-30-16-14-27-47(55)48-34-33-45(39-56(48)71)41-19-6-2-7-20-41)72-64-50(35-37-52-49-28-15-17-31-57(49)73-67(52)64)51-36-38-53-61-46(42-21-8-3-9-22-42)29-18-32-58(61)74-68(53)65(51)72/h2-39H/i3D,8D,9D,21D,22D. The first-order chi connectivity index (χ1) is 38.7. The summed E-state index contributed by atoms with van der Waals surface area (Å²) in [6, 6.07) is 69.1. The predicted octanol–water partition coefficient (Wildman–Crippen LogP) is 19.7. The second kappa shape index (κ2) is 16.5. The van der Waals surface area contributed by atoms with Gasteiger partial charge in [0.25, 0.3) is 0 Å². The van der Waals surface area contributed by atoms with Gasteiger partial charge >= 0.3 is 0 Å². The Morgan fingerprint density at radius 1 is 0.446 bits per heavy atom. The van der Waals surface area contributed by atoms with Crippen LogP contribution in [0.1, 0.15) is 12.4 Å². The number of hydrogen-bond acceptors (Lipinski definition) is 3. The molecule has 0 aliphatic carbocycles. The molecule has 0 radical (unpaired) electrons. The van der Waals surface area contributed by atoms with E-state index in [9.17, 15) is 11.8 Å². The highest BCUT2D eigenvalue weighted by atomic mass is 32.1. The van der Waals surface area contributed by atoms with Crippen molar-refractivity contribution in [2.75, 3.05) is 0 Å². The van der Waals surface area contributed by atoms with Gasteiger partial charge in [-0.05, 0) is 57.6 Å². The fourth-order valence-electron chi connectivity index (χ4n) is 11.6. The number of para-hydroxylation sites is 1. The summed E-state index contributed by atoms with van der Waals surface area (Å²) in [5.41, 5.74) is 11.0. The van der Waals surface area contributed by atoms with Crippen molar-refractivity contribution < 1.29 is 6.85 Å². The molecule has 0 fully saturated rings. The van der Waals surface area contributed by atoms with Crippen molar-refractivity contribution >= 4 is 112 Å². The molecule has 0 aliphatic heterocycles. The van der Waals surface area contributed by atoms with E-state index in [1.54, 1.807) is 22.7 Å². The number of nitriles is 1. The summed E-state index contributed by atoms with van der Waals surface area (Å²) in [4.78, 5) is 4.57. The molecule has 0 amide bonds. The molecule has 0 saturated heterocycles. The SMILES string of the molecule is [2H]c1c([2H])c([2H])c(-c2cccc3sc4c(ccc5c6ccc7c8ccccc8sc7c6n(-c6c(C#N)c(-c7ccccc7)c([N+]#[C-])c(-n7c8ccccc8c8ccc(-c9ccccc9)cc87)c6-c6ccccc6)c54)c23)c([2H])c1[2H]. The van der Waals surface area contributed by atoms with E-state index < -0.39 is 18.1 Å². The third-order valence-corrected chi connectivity index (χ3v) is 17.0. The number of nitrogens with zero attached hydrogens (tertiary/aromatic N) is 4. The largest absolute Gasteiger partial charge is 0.318 e. The van der Waals surface area contributed by atoms with Crippen LogP contribution >= 0.6 is 22.7 Å². The smallest absolute Gasteiger partial charge is 0.220 e. The van der Waals surface area contributed by atoms with Gasteiger partial charge in [0.1, 0.15) is 6.07 Å². The maximum Gasteiger partial charge on any atom is 0.220 e. The van der Waals surface area contributed by atoms with E-state index >= 15 is 0 Å². The summed E-state index contributed by atoms with van der Waals surface area (Å²) in [5, 5.41) is 20.1. The summed E-state index contributed by atoms with van der Waals surface area (Å²) < 4.78 is 52.7. The van der Waals surface area contributed by atoms with E-state index in [0.29, 0.717) is 39.3 Å². The molecule has 0 bridgehead atoms. The predicted molar refractivity (Wildman–Crippen MR) is 314 cm³/mol. The van der Waals surface area contributed by atoms with Crippen molar-refractivity contribution in [3.63, 3.8) is 0 Å². The van der Waals surface area contributed by atoms with Crippen molar-refractivity contribution in [3.8, 4) is 62.0 Å². The van der Waals surface area contributed by atoms with Gasteiger partial charge in [-0.25, -0.2) is 4.85 Å². The van der Waals surface area contributed by atoms with E-state index in [2.05, 4.69) is 129 Å². The number of benzene rings is 11. The molecular weight excluding hydrogens is 937 g/mol. The van der Waals surface area contributed by atoms with E-state index in [-0.39, 0.29) is 17.6 Å². The lowest BCUT2D eigenvalue weighted by Crippen LogP contribution is -2.09. The highest BCUT2D eigenvalue weighted by Crippen LogP contribution is 2.55. The van der Waals surface area contributed by atoms with Crippen LogP contribution in [0.4, 0.5) is 5.69 Å². The summed E-state index contributed by atoms with van der Waals surface area (Å²) in [5.74, 6) is 0. The summed E-state index contributed by atoms with van der Waals surface area (Å²) >= 11 is 3.29. The molecule has 11 aromatic carbocycles. The molecule has 15 rings (SSSR count). The fraction of sp³-hybridized carbons (Fsp3) is 0. The number of rotatable bonds is 6. The molecule has 4 heterocycles. The number of aromatic nitrogens is 2. The minimum Gasteiger partial charge on any atom is -0.318 e. The summed E-state index contributed by atoms with van der Waals surface area (Å²) in [6.45, 7) is 9.45. The van der Waals surface area contributed by atoms with E-state index in [0.717, 1.165) is 106 Å². The topological polar surface area (TPSA) is 38.0 Å². The maximum absolute atomic E-state index is 12.3. The van der Waals surface area contributed by atoms with Gasteiger partial charge < -0.3 is 9.13 Å². The highest BCUT2D eigenvalue weighted by Gasteiger charge is 2.33. The molecule has 74 heavy (non-hydrogen) atoms. The molecule has 6 heteroatoms. The Hall–Kier alpha value is -9.56. The quantitative estimate of drug-likeness (QED) is 0.153. The zero-order valence-electron chi connectivity index (χ0n) is 44.2. The first kappa shape index (κ1) is 37.3. The van der Waals surface area contributed by atoms with Crippen LogP contribution in [0, 0.1) is 17.9 Å². The van der Waals surface area contributed by atoms with Gasteiger partial charge in [-0.2, -0.15) is 5.26 Å². The van der Waals surface area contributed by atoms with E-state index in [4.69, 9.17) is 6.85 Å². The molecule has 0 unspecified atom stereocenters. The van der Waals surface area contributed by atoms with Crippen LogP contribution < -0.4 is 0 Å². The number of fused-ring (bicyclic) bond motifs is 14. The molecule has 4 aromatic heterocycles. The monoisotopic (exact) mass is 979 g/mol. The second-order valence-corrected chi connectivity index (χ2v) is 20.6. The molecule has 342 valence electrons. The average molecular weight is 980 g/mol. The lowest BCUT2D eigenvalue weighted by molar-refractivity contribution is 1.14. The Morgan fingerprint density at radius 2 is 1.01 bits per heavy atom. The Kier molecular flexibility index (Phi) is 8.31. The Labute approximate surface area is 440 Å². The van der Waals surface area contributed by atoms with Crippen LogP contribution in [0.2, 0.25) is 0 Å². The first-order valence-electron chi connectivity index (χ1n) is 26.8. The van der Waals surface area contributed by atoms with E-state index in [1.807, 2.05) is 91.0 Å². The normalized spacial score (nSPS) is 12.7. The fourth-order valence-corrected chi connectivity index (χ4v) is 14.1. The third kappa shape index (κ3) is 6.05. The molecule has 0 saturated carbocycles. The molecule has 0 aliphatic rings. The van der Waals surface area contributed by atoms with Gasteiger partial charge in [-0.1, -0.05) is 206 Å². The Morgan fingerprint density at radius 3 is 1.73 bits per heavy atom. The third-order valence-electron chi connectivity index (χ3n) is 14.7. The summed E-state index contributed by atoms with van der Waals surface area (Å²) in [6.07, 6.45) is 0. The van der Waals surface area contributed by atoms with Crippen LogP contribution in [0.3, 0.4) is 0 Å². The zero-order valence-corrected chi connectivity index (χ0v) is 40.8. The average Bonchev–Trinajstić information content (AvgIpc) is 4.31. The van der Waals surface area contributed by atoms with Gasteiger partial charge in [-0.15, -0.1) is 22.7 Å². The molecule has 0 N–H and O–H groups in total. The number of thiophene rings is 2. The lowest BCUT2D eigenvalue weighted by atomic mass is 9.88. The molecule has 0 atom stereocenters. The molecule has 4 nitrogen and oxygen atoms in total. The van der Waals surface area contributed by atoms with Crippen LogP contribution in [0.25, 0.3) is 145 Å². The van der Waals surface area contributed by atoms with Crippen molar-refractivity contribution in [1.29, 1.82) is 5.26 Å². The van der Waals surface area contributed by atoms with Gasteiger partial charge in [-0.3, -0.25) is 0 Å². The van der Waals surface area contributed by atoms with Crippen molar-refractivity contribution in [1.82, 2.24) is 9.13 Å². The maximum atomic E-state index is 12.3.